The number of nitrogens with one attached hydrogen (secondary N) is 1. The van der Waals surface area contributed by atoms with Gasteiger partial charge in [0.15, 0.2) is 5.96 Å². The van der Waals surface area contributed by atoms with Crippen LogP contribution in [0.2, 0.25) is 0 Å². The maximum Gasteiger partial charge on any atom is 0.326 e. The summed E-state index contributed by atoms with van der Waals surface area (Å²) in [7, 11) is 0. The van der Waals surface area contributed by atoms with Gasteiger partial charge in [-0.1, -0.05) is 0 Å². The first-order chi connectivity index (χ1) is 12.1. The second-order valence-corrected chi connectivity index (χ2v) is 6.30. The highest BCUT2D eigenvalue weighted by Crippen LogP contribution is 2.19. The molecule has 2 amide bonds. The zero-order valence-corrected chi connectivity index (χ0v) is 14.8. The van der Waals surface area contributed by atoms with E-state index in [0.29, 0.717) is 25.8 Å². The van der Waals surface area contributed by atoms with Gasteiger partial charge in [-0.2, -0.15) is 0 Å². The monoisotopic (exact) mass is 372 g/mol. The Labute approximate surface area is 151 Å². The van der Waals surface area contributed by atoms with Gasteiger partial charge in [-0.15, -0.1) is 0 Å². The van der Waals surface area contributed by atoms with Gasteiger partial charge in [-0.25, -0.2) is 4.79 Å². The maximum absolute atomic E-state index is 12.8. The standard InChI is InChI=1S/C15H28N6O5/c1-8(22)11(16)12(23)20-9(4-2-6-19-15(17)18)13(24)21-7-3-5-10(21)14(25)26/h8-11,22H,2-7,16H2,1H3,(H,20,23)(H,25,26)(H4,17,18,19)/t8-,9+,10-,11+/m1/s1. The van der Waals surface area contributed by atoms with Gasteiger partial charge in [0.25, 0.3) is 0 Å². The van der Waals surface area contributed by atoms with Gasteiger partial charge in [-0.3, -0.25) is 14.6 Å². The zero-order valence-electron chi connectivity index (χ0n) is 14.8. The van der Waals surface area contributed by atoms with Crippen LogP contribution in [0.1, 0.15) is 32.6 Å². The quantitative estimate of drug-likeness (QED) is 0.143. The minimum absolute atomic E-state index is 0.0847. The summed E-state index contributed by atoms with van der Waals surface area (Å²) in [6.45, 7) is 1.92. The van der Waals surface area contributed by atoms with Crippen molar-refractivity contribution in [3.8, 4) is 0 Å². The van der Waals surface area contributed by atoms with Crippen molar-refractivity contribution in [1.29, 1.82) is 0 Å². The number of aliphatic hydroxyl groups is 1. The Morgan fingerprint density at radius 2 is 2.00 bits per heavy atom. The zero-order chi connectivity index (χ0) is 19.9. The largest absolute Gasteiger partial charge is 0.480 e. The van der Waals surface area contributed by atoms with Gasteiger partial charge >= 0.3 is 5.97 Å². The molecule has 0 aliphatic carbocycles. The van der Waals surface area contributed by atoms with Crippen molar-refractivity contribution >= 4 is 23.7 Å². The summed E-state index contributed by atoms with van der Waals surface area (Å²) in [4.78, 5) is 41.3. The smallest absolute Gasteiger partial charge is 0.326 e. The number of carboxylic acid groups (broad SMARTS) is 1. The van der Waals surface area contributed by atoms with Crippen molar-refractivity contribution in [2.45, 2.75) is 56.8 Å². The van der Waals surface area contributed by atoms with Crippen LogP contribution in [0.25, 0.3) is 0 Å². The van der Waals surface area contributed by atoms with Gasteiger partial charge in [0.2, 0.25) is 11.8 Å². The van der Waals surface area contributed by atoms with Crippen LogP contribution < -0.4 is 22.5 Å². The van der Waals surface area contributed by atoms with Crippen LogP contribution in [0, 0.1) is 0 Å². The van der Waals surface area contributed by atoms with E-state index >= 15 is 0 Å². The summed E-state index contributed by atoms with van der Waals surface area (Å²) < 4.78 is 0. The van der Waals surface area contributed by atoms with E-state index in [9.17, 15) is 24.6 Å². The lowest BCUT2D eigenvalue weighted by Crippen LogP contribution is -2.56. The number of rotatable bonds is 9. The van der Waals surface area contributed by atoms with Crippen molar-refractivity contribution in [3.05, 3.63) is 0 Å². The van der Waals surface area contributed by atoms with Crippen LogP contribution >= 0.6 is 0 Å². The molecule has 148 valence electrons. The van der Waals surface area contributed by atoms with Gasteiger partial charge in [0.1, 0.15) is 18.1 Å². The van der Waals surface area contributed by atoms with E-state index < -0.39 is 42.0 Å². The molecule has 11 nitrogen and oxygen atoms in total. The molecular weight excluding hydrogens is 344 g/mol. The number of aliphatic carboxylic acids is 1. The van der Waals surface area contributed by atoms with E-state index in [2.05, 4.69) is 10.3 Å². The van der Waals surface area contributed by atoms with Gasteiger partial charge in [-0.05, 0) is 32.6 Å². The van der Waals surface area contributed by atoms with Crippen molar-refractivity contribution in [1.82, 2.24) is 10.2 Å². The number of guanidine groups is 1. The SMILES string of the molecule is C[C@@H](O)[C@H](N)C(=O)N[C@@H](CCCN=C(N)N)C(=O)N1CCC[C@@H]1C(=O)O. The fourth-order valence-corrected chi connectivity index (χ4v) is 2.74. The first-order valence-electron chi connectivity index (χ1n) is 8.47. The van der Waals surface area contributed by atoms with E-state index in [1.807, 2.05) is 0 Å². The molecule has 1 saturated heterocycles. The Kier molecular flexibility index (Phi) is 8.26. The normalized spacial score (nSPS) is 20.1. The first-order valence-corrected chi connectivity index (χ1v) is 8.47. The fourth-order valence-electron chi connectivity index (χ4n) is 2.74. The summed E-state index contributed by atoms with van der Waals surface area (Å²) in [5.74, 6) is -2.35. The highest BCUT2D eigenvalue weighted by Gasteiger charge is 2.38. The molecule has 0 aromatic rings. The molecule has 0 saturated carbocycles. The molecule has 0 aromatic carbocycles. The third-order valence-electron chi connectivity index (χ3n) is 4.20. The Hall–Kier alpha value is -2.40. The molecule has 1 aliphatic heterocycles. The lowest BCUT2D eigenvalue weighted by molar-refractivity contribution is -0.149. The number of aliphatic hydroxyl groups excluding tert-OH is 1. The van der Waals surface area contributed by atoms with E-state index in [1.54, 1.807) is 0 Å². The topological polar surface area (TPSA) is 197 Å². The first kappa shape index (κ1) is 21.6. The highest BCUT2D eigenvalue weighted by molar-refractivity contribution is 5.92. The van der Waals surface area contributed by atoms with E-state index in [0.717, 1.165) is 0 Å². The fraction of sp³-hybridized carbons (Fsp3) is 0.733. The van der Waals surface area contributed by atoms with E-state index in [1.165, 1.54) is 11.8 Å². The van der Waals surface area contributed by atoms with Gasteiger partial charge < -0.3 is 37.6 Å². The van der Waals surface area contributed by atoms with Crippen LogP contribution in [0.4, 0.5) is 0 Å². The van der Waals surface area contributed by atoms with Gasteiger partial charge in [0, 0.05) is 13.1 Å². The molecule has 26 heavy (non-hydrogen) atoms. The number of aliphatic imine (C=N–C) groups is 1. The Morgan fingerprint density at radius 3 is 2.54 bits per heavy atom. The maximum atomic E-state index is 12.8. The van der Waals surface area contributed by atoms with Crippen molar-refractivity contribution < 1.29 is 24.6 Å². The average molecular weight is 372 g/mol. The third kappa shape index (κ3) is 6.15. The third-order valence-corrected chi connectivity index (χ3v) is 4.20. The molecule has 1 rings (SSSR count). The predicted octanol–water partition coefficient (Wildman–Crippen LogP) is -2.69. The summed E-state index contributed by atoms with van der Waals surface area (Å²) in [6, 6.07) is -3.08. The molecule has 1 heterocycles. The molecule has 0 bridgehead atoms. The Balaban J connectivity index is 2.84. The summed E-state index contributed by atoms with van der Waals surface area (Å²) >= 11 is 0. The molecule has 0 aromatic heterocycles. The van der Waals surface area contributed by atoms with Crippen LogP contribution in [-0.2, 0) is 14.4 Å². The molecule has 1 fully saturated rings. The van der Waals surface area contributed by atoms with Crippen molar-refractivity contribution in [2.75, 3.05) is 13.1 Å². The highest BCUT2D eigenvalue weighted by atomic mass is 16.4. The number of nitrogens with zero attached hydrogens (tertiary/aromatic N) is 2. The molecule has 0 spiro atoms. The molecule has 0 unspecified atom stereocenters. The molecule has 9 N–H and O–H groups in total. The number of amides is 2. The molecule has 0 radical (unpaired) electrons. The molecule has 1 aliphatic rings. The number of carbonyl (C=O) groups is 3. The number of carboxylic acids is 1. The predicted molar refractivity (Wildman–Crippen MR) is 93.9 cm³/mol. The Bertz CT molecular complexity index is 549. The second kappa shape index (κ2) is 9.92. The lowest BCUT2D eigenvalue weighted by Gasteiger charge is -2.28. The van der Waals surface area contributed by atoms with Crippen LogP contribution in [-0.4, -0.2) is 76.2 Å². The molecule has 11 heteroatoms. The lowest BCUT2D eigenvalue weighted by atomic mass is 10.1. The van der Waals surface area contributed by atoms with Crippen LogP contribution in [0.5, 0.6) is 0 Å². The number of nitrogens with two attached hydrogens (primary N) is 3. The van der Waals surface area contributed by atoms with Crippen molar-refractivity contribution in [2.24, 2.45) is 22.2 Å². The van der Waals surface area contributed by atoms with E-state index in [-0.39, 0.29) is 18.9 Å². The minimum Gasteiger partial charge on any atom is -0.480 e. The van der Waals surface area contributed by atoms with E-state index in [4.69, 9.17) is 17.2 Å². The average Bonchev–Trinajstić information content (AvgIpc) is 3.05. The number of likely N-dealkylation sites (tertiary alicyclic amines) is 1. The number of hydrogen-bond donors (Lipinski definition) is 6. The molecular formula is C15H28N6O5. The minimum atomic E-state index is -1.20. The molecule has 4 atom stereocenters. The summed E-state index contributed by atoms with van der Waals surface area (Å²) in [6.07, 6.45) is 0.444. The Morgan fingerprint density at radius 1 is 1.35 bits per heavy atom. The van der Waals surface area contributed by atoms with Crippen LogP contribution in [0.15, 0.2) is 4.99 Å². The van der Waals surface area contributed by atoms with Crippen molar-refractivity contribution in [3.63, 3.8) is 0 Å². The second-order valence-electron chi connectivity index (χ2n) is 6.30. The summed E-state index contributed by atoms with van der Waals surface area (Å²) in [5, 5.41) is 21.2. The van der Waals surface area contributed by atoms with Crippen LogP contribution in [0.3, 0.4) is 0 Å². The van der Waals surface area contributed by atoms with Gasteiger partial charge in [0.05, 0.1) is 6.10 Å². The number of hydrogen-bond acceptors (Lipinski definition) is 6. The number of carbonyl (C=O) groups excluding carboxylic acids is 2. The summed E-state index contributed by atoms with van der Waals surface area (Å²) in [5.41, 5.74) is 16.1.